The van der Waals surface area contributed by atoms with Crippen molar-refractivity contribution in [2.45, 2.75) is 38.5 Å². The zero-order valence-electron chi connectivity index (χ0n) is 11.5. The van der Waals surface area contributed by atoms with Crippen LogP contribution in [-0.4, -0.2) is 10.1 Å². The van der Waals surface area contributed by atoms with Gasteiger partial charge in [-0.15, -0.1) is 0 Å². The van der Waals surface area contributed by atoms with E-state index in [1.54, 1.807) is 18.2 Å². The number of aromatic nitrogens is 2. The average Bonchev–Trinajstić information content (AvgIpc) is 2.88. The third-order valence-corrected chi connectivity index (χ3v) is 4.32. The lowest BCUT2D eigenvalue weighted by atomic mass is 9.82. The molecule has 1 aliphatic rings. The first kappa shape index (κ1) is 13.4. The van der Waals surface area contributed by atoms with Crippen LogP contribution in [0.3, 0.4) is 0 Å². The molecule has 1 fully saturated rings. The molecule has 4 nitrogen and oxygen atoms in total. The van der Waals surface area contributed by atoms with Crippen LogP contribution in [0.4, 0.5) is 5.69 Å². The molecule has 1 aromatic heterocycles. The van der Waals surface area contributed by atoms with Crippen molar-refractivity contribution >= 4 is 17.3 Å². The van der Waals surface area contributed by atoms with Crippen LogP contribution in [-0.2, 0) is 0 Å². The van der Waals surface area contributed by atoms with Crippen LogP contribution in [0, 0.1) is 5.92 Å². The Kier molecular flexibility index (Phi) is 3.66. The first-order valence-electron chi connectivity index (χ1n) is 7.03. The molecule has 0 amide bonds. The van der Waals surface area contributed by atoms with Gasteiger partial charge in [-0.3, -0.25) is 0 Å². The van der Waals surface area contributed by atoms with Gasteiger partial charge < -0.3 is 10.3 Å². The molecule has 1 aliphatic carbocycles. The lowest BCUT2D eigenvalue weighted by Gasteiger charge is -2.23. The minimum absolute atomic E-state index is 0.389. The quantitative estimate of drug-likeness (QED) is 0.839. The van der Waals surface area contributed by atoms with Crippen LogP contribution in [0.15, 0.2) is 22.7 Å². The number of anilines is 1. The zero-order chi connectivity index (χ0) is 14.1. The monoisotopic (exact) mass is 291 g/mol. The molecular weight excluding hydrogens is 274 g/mol. The van der Waals surface area contributed by atoms with Gasteiger partial charge in [0.05, 0.1) is 10.6 Å². The molecule has 0 aliphatic heterocycles. The second-order valence-corrected chi connectivity index (χ2v) is 6.04. The maximum atomic E-state index is 6.17. The van der Waals surface area contributed by atoms with Gasteiger partial charge in [0.25, 0.3) is 5.89 Å². The highest BCUT2D eigenvalue weighted by molar-refractivity contribution is 6.33. The Hall–Kier alpha value is -1.55. The van der Waals surface area contributed by atoms with E-state index in [9.17, 15) is 0 Å². The molecule has 0 spiro atoms. The Morgan fingerprint density at radius 2 is 2.20 bits per heavy atom. The third kappa shape index (κ3) is 2.52. The van der Waals surface area contributed by atoms with Crippen LogP contribution < -0.4 is 5.73 Å². The number of nitrogen functional groups attached to an aromatic ring is 1. The molecule has 0 bridgehead atoms. The molecule has 1 aromatic carbocycles. The first-order valence-corrected chi connectivity index (χ1v) is 7.41. The fourth-order valence-electron chi connectivity index (χ4n) is 2.94. The molecule has 106 valence electrons. The van der Waals surface area contributed by atoms with Crippen molar-refractivity contribution in [3.05, 3.63) is 29.0 Å². The van der Waals surface area contributed by atoms with Crippen LogP contribution in [0.5, 0.6) is 0 Å². The van der Waals surface area contributed by atoms with Crippen molar-refractivity contribution in [2.75, 3.05) is 5.73 Å². The van der Waals surface area contributed by atoms with Gasteiger partial charge in [0.15, 0.2) is 5.82 Å². The Morgan fingerprint density at radius 3 is 2.95 bits per heavy atom. The molecule has 0 saturated heterocycles. The van der Waals surface area contributed by atoms with E-state index in [0.29, 0.717) is 28.1 Å². The molecule has 3 rings (SSSR count). The number of benzene rings is 1. The SMILES string of the molecule is CC1CCCC(c2noc(-c3c(N)cccc3Cl)n2)C1. The Balaban J connectivity index is 1.90. The fraction of sp³-hybridized carbons (Fsp3) is 0.467. The van der Waals surface area contributed by atoms with Crippen molar-refractivity contribution in [1.82, 2.24) is 10.1 Å². The molecule has 20 heavy (non-hydrogen) atoms. The summed E-state index contributed by atoms with van der Waals surface area (Å²) in [6.45, 7) is 2.28. The smallest absolute Gasteiger partial charge is 0.261 e. The predicted octanol–water partition coefficient (Wildman–Crippen LogP) is 4.27. The summed E-state index contributed by atoms with van der Waals surface area (Å²) in [4.78, 5) is 4.52. The minimum atomic E-state index is 0.389. The summed E-state index contributed by atoms with van der Waals surface area (Å²) in [5.74, 6) is 2.31. The van der Waals surface area contributed by atoms with E-state index in [4.69, 9.17) is 21.9 Å². The van der Waals surface area contributed by atoms with E-state index in [2.05, 4.69) is 17.1 Å². The second-order valence-electron chi connectivity index (χ2n) is 5.63. The van der Waals surface area contributed by atoms with Gasteiger partial charge in [-0.1, -0.05) is 42.6 Å². The summed E-state index contributed by atoms with van der Waals surface area (Å²) in [5.41, 5.74) is 7.15. The highest BCUT2D eigenvalue weighted by Gasteiger charge is 2.25. The van der Waals surface area contributed by atoms with Gasteiger partial charge in [-0.05, 0) is 30.9 Å². The van der Waals surface area contributed by atoms with E-state index >= 15 is 0 Å². The molecule has 0 radical (unpaired) electrons. The highest BCUT2D eigenvalue weighted by atomic mass is 35.5. The van der Waals surface area contributed by atoms with E-state index in [-0.39, 0.29) is 0 Å². The van der Waals surface area contributed by atoms with Crippen LogP contribution in [0.1, 0.15) is 44.3 Å². The van der Waals surface area contributed by atoms with Gasteiger partial charge in [0.1, 0.15) is 0 Å². The van der Waals surface area contributed by atoms with Gasteiger partial charge in [0.2, 0.25) is 0 Å². The van der Waals surface area contributed by atoms with Gasteiger partial charge in [0, 0.05) is 11.6 Å². The average molecular weight is 292 g/mol. The zero-order valence-corrected chi connectivity index (χ0v) is 12.2. The lowest BCUT2D eigenvalue weighted by molar-refractivity contribution is 0.324. The summed E-state index contributed by atoms with van der Waals surface area (Å²) in [7, 11) is 0. The van der Waals surface area contributed by atoms with E-state index in [0.717, 1.165) is 24.6 Å². The molecular formula is C15H18ClN3O. The number of rotatable bonds is 2. The van der Waals surface area contributed by atoms with Crippen molar-refractivity contribution < 1.29 is 4.52 Å². The van der Waals surface area contributed by atoms with Crippen molar-refractivity contribution in [3.63, 3.8) is 0 Å². The highest BCUT2D eigenvalue weighted by Crippen LogP contribution is 2.37. The Labute approximate surface area is 123 Å². The van der Waals surface area contributed by atoms with Gasteiger partial charge in [-0.25, -0.2) is 0 Å². The summed E-state index contributed by atoms with van der Waals surface area (Å²) in [6, 6.07) is 5.37. The summed E-state index contributed by atoms with van der Waals surface area (Å²) in [5, 5.41) is 4.67. The molecule has 2 aromatic rings. The van der Waals surface area contributed by atoms with Crippen molar-refractivity contribution in [3.8, 4) is 11.5 Å². The lowest BCUT2D eigenvalue weighted by Crippen LogP contribution is -2.12. The molecule has 2 N–H and O–H groups in total. The van der Waals surface area contributed by atoms with Crippen molar-refractivity contribution in [2.24, 2.45) is 5.92 Å². The maximum Gasteiger partial charge on any atom is 0.261 e. The molecule has 2 atom stereocenters. The van der Waals surface area contributed by atoms with Crippen molar-refractivity contribution in [1.29, 1.82) is 0 Å². The summed E-state index contributed by atoms with van der Waals surface area (Å²) in [6.07, 6.45) is 4.76. The van der Waals surface area contributed by atoms with E-state index in [1.807, 2.05) is 0 Å². The van der Waals surface area contributed by atoms with Crippen LogP contribution in [0.25, 0.3) is 11.5 Å². The van der Waals surface area contributed by atoms with Crippen LogP contribution in [0.2, 0.25) is 5.02 Å². The largest absolute Gasteiger partial charge is 0.398 e. The second kappa shape index (κ2) is 5.44. The first-order chi connectivity index (χ1) is 9.65. The number of hydrogen-bond donors (Lipinski definition) is 1. The number of halogens is 1. The standard InChI is InChI=1S/C15H18ClN3O/c1-9-4-2-5-10(8-9)14-18-15(20-19-14)13-11(16)6-3-7-12(13)17/h3,6-7,9-10H,2,4-5,8,17H2,1H3. The number of nitrogens with two attached hydrogens (primary N) is 1. The van der Waals surface area contributed by atoms with E-state index < -0.39 is 0 Å². The molecule has 1 saturated carbocycles. The molecule has 5 heteroatoms. The summed E-state index contributed by atoms with van der Waals surface area (Å²) >= 11 is 6.17. The summed E-state index contributed by atoms with van der Waals surface area (Å²) < 4.78 is 5.38. The normalized spacial score (nSPS) is 22.9. The molecule has 2 unspecified atom stereocenters. The Bertz CT molecular complexity index is 591. The van der Waals surface area contributed by atoms with Gasteiger partial charge >= 0.3 is 0 Å². The van der Waals surface area contributed by atoms with Gasteiger partial charge in [-0.2, -0.15) is 4.98 Å². The Morgan fingerprint density at radius 1 is 1.35 bits per heavy atom. The molecule has 1 heterocycles. The maximum absolute atomic E-state index is 6.17. The predicted molar refractivity (Wildman–Crippen MR) is 79.5 cm³/mol. The fourth-order valence-corrected chi connectivity index (χ4v) is 3.20. The van der Waals surface area contributed by atoms with Crippen LogP contribution >= 0.6 is 11.6 Å². The minimum Gasteiger partial charge on any atom is -0.398 e. The number of hydrogen-bond acceptors (Lipinski definition) is 4. The topological polar surface area (TPSA) is 64.9 Å². The van der Waals surface area contributed by atoms with E-state index in [1.165, 1.54) is 12.8 Å². The third-order valence-electron chi connectivity index (χ3n) is 4.00. The number of nitrogens with zero attached hydrogens (tertiary/aromatic N) is 2.